The van der Waals surface area contributed by atoms with E-state index in [-0.39, 0.29) is 35.8 Å². The van der Waals surface area contributed by atoms with Crippen LogP contribution in [0, 0.1) is 0 Å². The number of amides is 2. The van der Waals surface area contributed by atoms with E-state index < -0.39 is 0 Å². The third-order valence-electron chi connectivity index (χ3n) is 3.88. The largest absolute Gasteiger partial charge is 0.459 e. The molecule has 1 aromatic carbocycles. The minimum absolute atomic E-state index is 0. The van der Waals surface area contributed by atoms with Gasteiger partial charge in [0, 0.05) is 38.8 Å². The Morgan fingerprint density at radius 3 is 2.52 bits per heavy atom. The lowest BCUT2D eigenvalue weighted by Crippen LogP contribution is -2.41. The Bertz CT molecular complexity index is 793. The van der Waals surface area contributed by atoms with E-state index in [1.54, 1.807) is 25.2 Å². The molecule has 2 amide bonds. The van der Waals surface area contributed by atoms with Crippen molar-refractivity contribution in [3.05, 3.63) is 59.5 Å². The number of hydrogen-bond acceptors (Lipinski definition) is 4. The predicted molar refractivity (Wildman–Crippen MR) is 124 cm³/mol. The van der Waals surface area contributed by atoms with Crippen molar-refractivity contribution in [2.45, 2.75) is 13.3 Å². The minimum Gasteiger partial charge on any atom is -0.459 e. The molecule has 158 valence electrons. The van der Waals surface area contributed by atoms with Gasteiger partial charge in [0.05, 0.1) is 6.26 Å². The molecule has 2 aromatic rings. The van der Waals surface area contributed by atoms with Crippen LogP contribution >= 0.6 is 24.0 Å². The SMILES string of the molecule is CCNC(=NCCc1cccc(C(=O)NC)c1)NCCNC(=O)c1ccco1.I. The van der Waals surface area contributed by atoms with Crippen LogP contribution in [0.3, 0.4) is 0 Å². The van der Waals surface area contributed by atoms with Gasteiger partial charge in [-0.2, -0.15) is 0 Å². The molecule has 29 heavy (non-hydrogen) atoms. The Kier molecular flexibility index (Phi) is 11.5. The number of halogens is 1. The topological polar surface area (TPSA) is 108 Å². The highest BCUT2D eigenvalue weighted by atomic mass is 127. The Morgan fingerprint density at radius 2 is 1.83 bits per heavy atom. The molecular formula is C20H28IN5O3. The van der Waals surface area contributed by atoms with Crippen LogP contribution in [0.5, 0.6) is 0 Å². The number of benzene rings is 1. The van der Waals surface area contributed by atoms with Gasteiger partial charge in [-0.25, -0.2) is 0 Å². The van der Waals surface area contributed by atoms with Gasteiger partial charge >= 0.3 is 0 Å². The Balaban J connectivity index is 0.00000420. The number of nitrogens with zero attached hydrogens (tertiary/aromatic N) is 1. The number of guanidine groups is 1. The van der Waals surface area contributed by atoms with Crippen molar-refractivity contribution in [2.75, 3.05) is 33.2 Å². The van der Waals surface area contributed by atoms with Gasteiger partial charge in [0.1, 0.15) is 0 Å². The first kappa shape index (κ1) is 24.5. The van der Waals surface area contributed by atoms with Crippen molar-refractivity contribution in [3.63, 3.8) is 0 Å². The monoisotopic (exact) mass is 513 g/mol. The lowest BCUT2D eigenvalue weighted by Gasteiger charge is -2.11. The van der Waals surface area contributed by atoms with Crippen LogP contribution in [0.25, 0.3) is 0 Å². The first-order valence-electron chi connectivity index (χ1n) is 9.29. The van der Waals surface area contributed by atoms with E-state index in [2.05, 4.69) is 26.3 Å². The molecule has 0 aliphatic rings. The molecule has 0 fully saturated rings. The zero-order valence-electron chi connectivity index (χ0n) is 16.7. The highest BCUT2D eigenvalue weighted by Gasteiger charge is 2.07. The molecule has 0 saturated heterocycles. The Labute approximate surface area is 187 Å². The second-order valence-corrected chi connectivity index (χ2v) is 5.95. The zero-order valence-corrected chi connectivity index (χ0v) is 19.0. The van der Waals surface area contributed by atoms with Crippen LogP contribution in [-0.2, 0) is 6.42 Å². The molecule has 4 N–H and O–H groups in total. The maximum atomic E-state index is 11.8. The second-order valence-electron chi connectivity index (χ2n) is 5.95. The van der Waals surface area contributed by atoms with Crippen molar-refractivity contribution in [1.82, 2.24) is 21.3 Å². The average Bonchev–Trinajstić information content (AvgIpc) is 3.25. The van der Waals surface area contributed by atoms with Crippen molar-refractivity contribution in [1.29, 1.82) is 0 Å². The molecule has 0 saturated carbocycles. The van der Waals surface area contributed by atoms with Crippen molar-refractivity contribution in [2.24, 2.45) is 4.99 Å². The smallest absolute Gasteiger partial charge is 0.287 e. The fraction of sp³-hybridized carbons (Fsp3) is 0.350. The molecule has 0 spiro atoms. The molecule has 0 atom stereocenters. The van der Waals surface area contributed by atoms with Crippen LogP contribution in [0.15, 0.2) is 52.1 Å². The number of hydrogen-bond donors (Lipinski definition) is 4. The third kappa shape index (κ3) is 8.55. The number of rotatable bonds is 9. The summed E-state index contributed by atoms with van der Waals surface area (Å²) in [4.78, 5) is 28.0. The molecule has 9 heteroatoms. The van der Waals surface area contributed by atoms with E-state index in [1.807, 2.05) is 25.1 Å². The zero-order chi connectivity index (χ0) is 20.2. The summed E-state index contributed by atoms with van der Waals surface area (Å²) in [6.45, 7) is 4.27. The number of nitrogens with one attached hydrogen (secondary N) is 4. The fourth-order valence-corrected chi connectivity index (χ4v) is 2.50. The molecule has 8 nitrogen and oxygen atoms in total. The van der Waals surface area contributed by atoms with Crippen LogP contribution in [-0.4, -0.2) is 51.0 Å². The molecule has 2 rings (SSSR count). The summed E-state index contributed by atoms with van der Waals surface area (Å²) in [5.41, 5.74) is 1.69. The van der Waals surface area contributed by atoms with Gasteiger partial charge in [-0.1, -0.05) is 12.1 Å². The van der Waals surface area contributed by atoms with Gasteiger partial charge in [0.15, 0.2) is 11.7 Å². The summed E-state index contributed by atoms with van der Waals surface area (Å²) in [5.74, 6) is 0.624. The van der Waals surface area contributed by atoms with Crippen molar-refractivity contribution < 1.29 is 14.0 Å². The average molecular weight is 513 g/mol. The molecule has 0 aliphatic carbocycles. The van der Waals surface area contributed by atoms with Crippen LogP contribution in [0.4, 0.5) is 0 Å². The summed E-state index contributed by atoms with van der Waals surface area (Å²) >= 11 is 0. The highest BCUT2D eigenvalue weighted by molar-refractivity contribution is 14.0. The molecule has 0 radical (unpaired) electrons. The van der Waals surface area contributed by atoms with Crippen molar-refractivity contribution >= 4 is 41.8 Å². The van der Waals surface area contributed by atoms with Gasteiger partial charge in [-0.3, -0.25) is 14.6 Å². The summed E-state index contributed by atoms with van der Waals surface area (Å²) < 4.78 is 5.04. The Hall–Kier alpha value is -2.56. The van der Waals surface area contributed by atoms with Gasteiger partial charge in [0.2, 0.25) is 0 Å². The van der Waals surface area contributed by atoms with E-state index in [0.29, 0.717) is 36.9 Å². The van der Waals surface area contributed by atoms with E-state index >= 15 is 0 Å². The summed E-state index contributed by atoms with van der Waals surface area (Å²) in [5, 5.41) is 11.7. The number of furan rings is 1. The molecule has 1 heterocycles. The summed E-state index contributed by atoms with van der Waals surface area (Å²) in [7, 11) is 1.62. The third-order valence-corrected chi connectivity index (χ3v) is 3.88. The van der Waals surface area contributed by atoms with Crippen molar-refractivity contribution in [3.8, 4) is 0 Å². The molecule has 0 unspecified atom stereocenters. The Morgan fingerprint density at radius 1 is 1.03 bits per heavy atom. The molecular weight excluding hydrogens is 485 g/mol. The maximum absolute atomic E-state index is 11.8. The first-order valence-corrected chi connectivity index (χ1v) is 9.29. The van der Waals surface area contributed by atoms with E-state index in [9.17, 15) is 9.59 Å². The van der Waals surface area contributed by atoms with Gasteiger partial charge in [0.25, 0.3) is 11.8 Å². The quantitative estimate of drug-likeness (QED) is 0.177. The number of carbonyl (C=O) groups is 2. The molecule has 1 aromatic heterocycles. The maximum Gasteiger partial charge on any atom is 0.287 e. The minimum atomic E-state index is -0.246. The lowest BCUT2D eigenvalue weighted by atomic mass is 10.1. The first-order chi connectivity index (χ1) is 13.6. The van der Waals surface area contributed by atoms with Gasteiger partial charge in [-0.15, -0.1) is 24.0 Å². The van der Waals surface area contributed by atoms with Crippen LogP contribution in [0.2, 0.25) is 0 Å². The predicted octanol–water partition coefficient (Wildman–Crippen LogP) is 1.78. The summed E-state index contributed by atoms with van der Waals surface area (Å²) in [6, 6.07) is 10.8. The van der Waals surface area contributed by atoms with Crippen LogP contribution < -0.4 is 21.3 Å². The van der Waals surface area contributed by atoms with E-state index in [0.717, 1.165) is 18.5 Å². The van der Waals surface area contributed by atoms with E-state index in [4.69, 9.17) is 4.42 Å². The van der Waals surface area contributed by atoms with Gasteiger partial charge in [-0.05, 0) is 43.2 Å². The lowest BCUT2D eigenvalue weighted by molar-refractivity contribution is 0.0925. The number of carbonyl (C=O) groups excluding carboxylic acids is 2. The summed E-state index contributed by atoms with van der Waals surface area (Å²) in [6.07, 6.45) is 2.18. The normalized spacial score (nSPS) is 10.6. The molecule has 0 aliphatic heterocycles. The fourth-order valence-electron chi connectivity index (χ4n) is 2.50. The number of aliphatic imine (C=N–C) groups is 1. The highest BCUT2D eigenvalue weighted by Crippen LogP contribution is 2.06. The van der Waals surface area contributed by atoms with Gasteiger partial charge < -0.3 is 25.7 Å². The van der Waals surface area contributed by atoms with Crippen LogP contribution in [0.1, 0.15) is 33.4 Å². The standard InChI is InChI=1S/C20H27N5O3.HI/c1-3-22-20(25-12-11-23-19(27)17-8-5-13-28-17)24-10-9-15-6-4-7-16(14-15)18(26)21-2;/h4-8,13-14H,3,9-12H2,1-2H3,(H,21,26)(H,23,27)(H2,22,24,25);1H. The van der Waals surface area contributed by atoms with E-state index in [1.165, 1.54) is 6.26 Å². The second kappa shape index (κ2) is 13.6. The molecule has 0 bridgehead atoms.